The van der Waals surface area contributed by atoms with Crippen LogP contribution < -0.4 is 0 Å². The third kappa shape index (κ3) is 1.72. The van der Waals surface area contributed by atoms with Crippen LogP contribution in [-0.4, -0.2) is 9.73 Å². The van der Waals surface area contributed by atoms with Crippen molar-refractivity contribution in [3.8, 4) is 0 Å². The molecule has 0 aliphatic heterocycles. The molecule has 2 aliphatic carbocycles. The predicted octanol–water partition coefficient (Wildman–Crippen LogP) is 4.45. The van der Waals surface area contributed by atoms with Crippen LogP contribution in [0, 0.1) is 23.7 Å². The average Bonchev–Trinajstić information content (AvgIpc) is 2.78. The zero-order valence-electron chi connectivity index (χ0n) is 12.5. The van der Waals surface area contributed by atoms with E-state index in [9.17, 15) is 0 Å². The maximum atomic E-state index is 5.26. The lowest BCUT2D eigenvalue weighted by molar-refractivity contribution is 0.109. The number of aromatic nitrogens is 1. The van der Waals surface area contributed by atoms with E-state index in [1.165, 1.54) is 25.0 Å². The monoisotopic (exact) mass is 275 g/mol. The third-order valence-corrected chi connectivity index (χ3v) is 7.48. The zero-order valence-corrected chi connectivity index (χ0v) is 13.4. The summed E-state index contributed by atoms with van der Waals surface area (Å²) in [6.45, 7) is 9.36. The van der Waals surface area contributed by atoms with Crippen LogP contribution in [0.2, 0.25) is 0 Å². The van der Waals surface area contributed by atoms with Gasteiger partial charge in [0.1, 0.15) is 0 Å². The van der Waals surface area contributed by atoms with Crippen molar-refractivity contribution >= 4 is 12.6 Å². The second kappa shape index (κ2) is 4.00. The van der Waals surface area contributed by atoms with Gasteiger partial charge < -0.3 is 0 Å². The summed E-state index contributed by atoms with van der Waals surface area (Å²) in [5.41, 5.74) is 2.99. The molecule has 2 heteroatoms. The SMILES string of the molecule is Cc1cccc(C[C@]2(S)C(C)(C)[C@H]3CC[C@]2(C)C3)n1. The highest BCUT2D eigenvalue weighted by atomic mass is 32.1. The van der Waals surface area contributed by atoms with Gasteiger partial charge in [0, 0.05) is 22.6 Å². The largest absolute Gasteiger partial charge is 0.258 e. The number of hydrogen-bond donors (Lipinski definition) is 1. The van der Waals surface area contributed by atoms with E-state index in [1.807, 2.05) is 0 Å². The smallest absolute Gasteiger partial charge is 0.0420 e. The predicted molar refractivity (Wildman–Crippen MR) is 83.6 cm³/mol. The molecule has 1 aromatic heterocycles. The van der Waals surface area contributed by atoms with E-state index in [0.717, 1.165) is 18.0 Å². The molecule has 2 saturated carbocycles. The molecule has 0 N–H and O–H groups in total. The van der Waals surface area contributed by atoms with E-state index in [1.54, 1.807) is 0 Å². The highest BCUT2D eigenvalue weighted by Gasteiger charge is 2.66. The summed E-state index contributed by atoms with van der Waals surface area (Å²) in [6.07, 6.45) is 5.05. The van der Waals surface area contributed by atoms with Gasteiger partial charge in [-0.15, -0.1) is 0 Å². The quantitative estimate of drug-likeness (QED) is 0.787. The van der Waals surface area contributed by atoms with Crippen molar-refractivity contribution in [3.05, 3.63) is 29.6 Å². The first kappa shape index (κ1) is 13.5. The van der Waals surface area contributed by atoms with Gasteiger partial charge in [-0.25, -0.2) is 0 Å². The first-order valence-corrected chi connectivity index (χ1v) is 7.88. The number of rotatable bonds is 2. The van der Waals surface area contributed by atoms with E-state index in [0.29, 0.717) is 10.8 Å². The number of nitrogens with zero attached hydrogens (tertiary/aromatic N) is 1. The normalized spacial score (nSPS) is 39.7. The fourth-order valence-corrected chi connectivity index (χ4v) is 5.30. The summed E-state index contributed by atoms with van der Waals surface area (Å²) >= 11 is 5.26. The molecule has 2 bridgehead atoms. The van der Waals surface area contributed by atoms with Crippen molar-refractivity contribution < 1.29 is 0 Å². The topological polar surface area (TPSA) is 12.9 Å². The lowest BCUT2D eigenvalue weighted by Crippen LogP contribution is -2.51. The average molecular weight is 275 g/mol. The zero-order chi connectivity index (χ0) is 13.9. The van der Waals surface area contributed by atoms with Gasteiger partial charge in [0.25, 0.3) is 0 Å². The van der Waals surface area contributed by atoms with E-state index in [4.69, 9.17) is 17.6 Å². The van der Waals surface area contributed by atoms with Gasteiger partial charge in [-0.3, -0.25) is 4.98 Å². The summed E-state index contributed by atoms with van der Waals surface area (Å²) in [5.74, 6) is 0.833. The van der Waals surface area contributed by atoms with Crippen LogP contribution in [0.4, 0.5) is 0 Å². The van der Waals surface area contributed by atoms with Gasteiger partial charge in [0.2, 0.25) is 0 Å². The molecule has 0 aromatic carbocycles. The highest BCUT2D eigenvalue weighted by Crippen LogP contribution is 2.71. The maximum absolute atomic E-state index is 5.26. The lowest BCUT2D eigenvalue weighted by Gasteiger charge is -2.51. The summed E-state index contributed by atoms with van der Waals surface area (Å²) in [7, 11) is 0. The Morgan fingerprint density at radius 1 is 1.32 bits per heavy atom. The van der Waals surface area contributed by atoms with Crippen LogP contribution in [-0.2, 0) is 6.42 Å². The van der Waals surface area contributed by atoms with Crippen molar-refractivity contribution in [2.24, 2.45) is 16.7 Å². The minimum absolute atomic E-state index is 0.0731. The highest BCUT2D eigenvalue weighted by molar-refractivity contribution is 7.82. The van der Waals surface area contributed by atoms with Crippen LogP contribution in [0.1, 0.15) is 51.4 Å². The number of hydrogen-bond acceptors (Lipinski definition) is 2. The van der Waals surface area contributed by atoms with Gasteiger partial charge >= 0.3 is 0 Å². The number of thiol groups is 1. The molecule has 0 radical (unpaired) electrons. The fraction of sp³-hybridized carbons (Fsp3) is 0.706. The van der Waals surface area contributed by atoms with Crippen molar-refractivity contribution in [2.45, 2.75) is 58.1 Å². The fourth-order valence-electron chi connectivity index (χ4n) is 4.75. The standard InChI is InChI=1S/C17H25NS/c1-12-6-5-7-14(18-12)11-17(19)15(2,3)13-8-9-16(17,4)10-13/h5-7,13,19H,8-11H2,1-4H3/t13-,16+,17-/m0/s1. The van der Waals surface area contributed by atoms with Crippen molar-refractivity contribution in [1.82, 2.24) is 4.98 Å². The van der Waals surface area contributed by atoms with Gasteiger partial charge in [0.15, 0.2) is 0 Å². The number of aryl methyl sites for hydroxylation is 1. The van der Waals surface area contributed by atoms with Crippen molar-refractivity contribution in [3.63, 3.8) is 0 Å². The molecule has 0 unspecified atom stereocenters. The second-order valence-corrected chi connectivity index (χ2v) is 8.29. The molecular formula is C17H25NS. The van der Waals surface area contributed by atoms with Crippen LogP contribution >= 0.6 is 12.6 Å². The Bertz CT molecular complexity index is 503. The van der Waals surface area contributed by atoms with Gasteiger partial charge in [0.05, 0.1) is 0 Å². The third-order valence-electron chi connectivity index (χ3n) is 6.21. The molecule has 0 amide bonds. The molecule has 3 atom stereocenters. The maximum Gasteiger partial charge on any atom is 0.0420 e. The van der Waals surface area contributed by atoms with Gasteiger partial charge in [-0.05, 0) is 55.1 Å². The first-order valence-electron chi connectivity index (χ1n) is 7.43. The molecule has 0 spiro atoms. The van der Waals surface area contributed by atoms with Crippen LogP contribution in [0.25, 0.3) is 0 Å². The van der Waals surface area contributed by atoms with Crippen LogP contribution in [0.15, 0.2) is 18.2 Å². The Kier molecular flexibility index (Phi) is 2.84. The Morgan fingerprint density at radius 2 is 2.05 bits per heavy atom. The van der Waals surface area contributed by atoms with Crippen LogP contribution in [0.5, 0.6) is 0 Å². The summed E-state index contributed by atoms with van der Waals surface area (Å²) in [6, 6.07) is 6.36. The Hall–Kier alpha value is -0.500. The minimum atomic E-state index is 0.0731. The Balaban J connectivity index is 1.98. The number of fused-ring (bicyclic) bond motifs is 2. The minimum Gasteiger partial charge on any atom is -0.258 e. The molecule has 0 saturated heterocycles. The van der Waals surface area contributed by atoms with Gasteiger partial charge in [-0.1, -0.05) is 26.8 Å². The molecule has 1 nitrogen and oxygen atoms in total. The molecule has 2 fully saturated rings. The van der Waals surface area contributed by atoms with E-state index in [2.05, 4.69) is 45.9 Å². The summed E-state index contributed by atoms with van der Waals surface area (Å²) in [5, 5.41) is 0. The molecule has 2 aliphatic rings. The van der Waals surface area contributed by atoms with E-state index < -0.39 is 0 Å². The van der Waals surface area contributed by atoms with Crippen molar-refractivity contribution in [1.29, 1.82) is 0 Å². The number of pyridine rings is 1. The van der Waals surface area contributed by atoms with Crippen molar-refractivity contribution in [2.75, 3.05) is 0 Å². The Labute approximate surface area is 122 Å². The van der Waals surface area contributed by atoms with E-state index >= 15 is 0 Å². The summed E-state index contributed by atoms with van der Waals surface area (Å²) < 4.78 is 0.0731. The van der Waals surface area contributed by atoms with Crippen LogP contribution in [0.3, 0.4) is 0 Å². The molecule has 19 heavy (non-hydrogen) atoms. The second-order valence-electron chi connectivity index (χ2n) is 7.53. The molecular weight excluding hydrogens is 250 g/mol. The lowest BCUT2D eigenvalue weighted by atomic mass is 9.61. The molecule has 1 heterocycles. The first-order chi connectivity index (χ1) is 8.78. The molecule has 1 aromatic rings. The van der Waals surface area contributed by atoms with E-state index in [-0.39, 0.29) is 4.75 Å². The molecule has 104 valence electrons. The van der Waals surface area contributed by atoms with Gasteiger partial charge in [-0.2, -0.15) is 12.6 Å². The summed E-state index contributed by atoms with van der Waals surface area (Å²) in [4.78, 5) is 4.71. The molecule has 3 rings (SSSR count). The Morgan fingerprint density at radius 3 is 2.63 bits per heavy atom.